The van der Waals surface area contributed by atoms with E-state index >= 15 is 0 Å². The standard InChI is InChI=1S/C3H7IN2/c1-3(5)2-6-4/h2,6H,5H2,1H3/b3-2-. The highest BCUT2D eigenvalue weighted by atomic mass is 127. The molecule has 0 aromatic carbocycles. The van der Waals surface area contributed by atoms with Crippen molar-refractivity contribution in [2.75, 3.05) is 0 Å². The molecule has 3 N–H and O–H groups in total. The third-order valence-electron chi connectivity index (χ3n) is 0.282. The van der Waals surface area contributed by atoms with Gasteiger partial charge in [0.1, 0.15) is 0 Å². The van der Waals surface area contributed by atoms with Crippen molar-refractivity contribution in [2.45, 2.75) is 6.92 Å². The maximum absolute atomic E-state index is 5.20. The van der Waals surface area contributed by atoms with Crippen molar-refractivity contribution in [1.29, 1.82) is 0 Å². The molecule has 0 bridgehead atoms. The molecular weight excluding hydrogens is 191 g/mol. The Balaban J connectivity index is 3.14. The van der Waals surface area contributed by atoms with Crippen LogP contribution in [0.15, 0.2) is 11.9 Å². The van der Waals surface area contributed by atoms with Gasteiger partial charge in [0.15, 0.2) is 0 Å². The van der Waals surface area contributed by atoms with Gasteiger partial charge >= 0.3 is 0 Å². The maximum Gasteiger partial charge on any atom is 0.0555 e. The molecule has 0 unspecified atom stereocenters. The van der Waals surface area contributed by atoms with E-state index in [9.17, 15) is 0 Å². The van der Waals surface area contributed by atoms with Crippen molar-refractivity contribution in [3.05, 3.63) is 11.9 Å². The van der Waals surface area contributed by atoms with Crippen LogP contribution >= 0.6 is 22.9 Å². The Kier molecular flexibility index (Phi) is 3.31. The topological polar surface area (TPSA) is 38.0 Å². The number of hydrogen-bond acceptors (Lipinski definition) is 2. The van der Waals surface area contributed by atoms with Gasteiger partial charge in [-0.25, -0.2) is 0 Å². The smallest absolute Gasteiger partial charge is 0.0555 e. The summed E-state index contributed by atoms with van der Waals surface area (Å²) in [5.74, 6) is 0. The quantitative estimate of drug-likeness (QED) is 0.481. The molecule has 6 heavy (non-hydrogen) atoms. The molecular formula is C3H7IN2. The second-order valence-electron chi connectivity index (χ2n) is 0.997. The monoisotopic (exact) mass is 198 g/mol. The molecule has 0 rings (SSSR count). The van der Waals surface area contributed by atoms with Gasteiger partial charge in [0.2, 0.25) is 0 Å². The van der Waals surface area contributed by atoms with Crippen molar-refractivity contribution in [3.8, 4) is 0 Å². The molecule has 36 valence electrons. The van der Waals surface area contributed by atoms with E-state index in [0.29, 0.717) is 0 Å². The predicted molar refractivity (Wildman–Crippen MR) is 35.1 cm³/mol. The van der Waals surface area contributed by atoms with Gasteiger partial charge in [0.05, 0.1) is 22.9 Å². The Morgan fingerprint density at radius 3 is 2.50 bits per heavy atom. The average Bonchev–Trinajstić information content (AvgIpc) is 1.35. The Morgan fingerprint density at radius 2 is 2.50 bits per heavy atom. The SMILES string of the molecule is C/C(N)=C/NI. The molecule has 0 amide bonds. The molecule has 0 aromatic heterocycles. The molecule has 0 heterocycles. The zero-order valence-corrected chi connectivity index (χ0v) is 5.69. The van der Waals surface area contributed by atoms with Crippen molar-refractivity contribution >= 4 is 22.9 Å². The van der Waals surface area contributed by atoms with E-state index in [4.69, 9.17) is 5.73 Å². The van der Waals surface area contributed by atoms with E-state index in [-0.39, 0.29) is 0 Å². The van der Waals surface area contributed by atoms with Crippen LogP contribution in [0.5, 0.6) is 0 Å². The Labute approximate surface area is 51.3 Å². The molecule has 0 fully saturated rings. The minimum atomic E-state index is 0.796. The fraction of sp³-hybridized carbons (Fsp3) is 0.333. The summed E-state index contributed by atoms with van der Waals surface area (Å²) in [5, 5.41) is 0. The molecule has 0 saturated carbocycles. The molecule has 0 saturated heterocycles. The summed E-state index contributed by atoms with van der Waals surface area (Å²) in [6, 6.07) is 0. The van der Waals surface area contributed by atoms with Gasteiger partial charge in [-0.1, -0.05) is 0 Å². The molecule has 0 radical (unpaired) electrons. The van der Waals surface area contributed by atoms with Gasteiger partial charge < -0.3 is 9.26 Å². The number of nitrogens with one attached hydrogen (secondary N) is 1. The second-order valence-corrected chi connectivity index (χ2v) is 1.62. The molecule has 0 aliphatic rings. The lowest BCUT2D eigenvalue weighted by Gasteiger charge is -1.83. The van der Waals surface area contributed by atoms with E-state index < -0.39 is 0 Å². The number of hydrogen-bond donors (Lipinski definition) is 2. The van der Waals surface area contributed by atoms with Crippen LogP contribution in [0.25, 0.3) is 0 Å². The fourth-order valence-electron chi connectivity index (χ4n) is 0.0861. The third-order valence-corrected chi connectivity index (χ3v) is 0.594. The summed E-state index contributed by atoms with van der Waals surface area (Å²) in [5.41, 5.74) is 5.99. The summed E-state index contributed by atoms with van der Waals surface area (Å²) in [6.07, 6.45) is 1.72. The Morgan fingerprint density at radius 1 is 2.00 bits per heavy atom. The van der Waals surface area contributed by atoms with Gasteiger partial charge in [-0.2, -0.15) is 0 Å². The van der Waals surface area contributed by atoms with E-state index in [2.05, 4.69) is 3.53 Å². The molecule has 3 heteroatoms. The first-order chi connectivity index (χ1) is 2.77. The largest absolute Gasteiger partial charge is 0.401 e. The molecule has 0 atom stereocenters. The van der Waals surface area contributed by atoms with E-state index in [1.54, 1.807) is 6.20 Å². The highest BCUT2D eigenvalue weighted by Gasteiger charge is 1.66. The molecule has 0 aromatic rings. The summed E-state index contributed by atoms with van der Waals surface area (Å²) in [7, 11) is 0. The molecule has 0 aliphatic carbocycles. The van der Waals surface area contributed by atoms with Crippen LogP contribution in [0, 0.1) is 0 Å². The van der Waals surface area contributed by atoms with Gasteiger partial charge in [-0.05, 0) is 6.92 Å². The van der Waals surface area contributed by atoms with Crippen LogP contribution in [0.2, 0.25) is 0 Å². The number of halogens is 1. The van der Waals surface area contributed by atoms with Gasteiger partial charge in [-0.15, -0.1) is 0 Å². The van der Waals surface area contributed by atoms with Crippen LogP contribution in [-0.2, 0) is 0 Å². The van der Waals surface area contributed by atoms with Crippen molar-refractivity contribution in [1.82, 2.24) is 3.53 Å². The lowest BCUT2D eigenvalue weighted by Crippen LogP contribution is -1.94. The van der Waals surface area contributed by atoms with Crippen LogP contribution in [-0.4, -0.2) is 0 Å². The van der Waals surface area contributed by atoms with Crippen LogP contribution in [0.3, 0.4) is 0 Å². The predicted octanol–water partition coefficient (Wildman–Crippen LogP) is 0.746. The number of rotatable bonds is 1. The zero-order chi connectivity index (χ0) is 4.99. The highest BCUT2D eigenvalue weighted by molar-refractivity contribution is 14.1. The van der Waals surface area contributed by atoms with Gasteiger partial charge in [-0.3, -0.25) is 0 Å². The zero-order valence-electron chi connectivity index (χ0n) is 3.53. The highest BCUT2D eigenvalue weighted by Crippen LogP contribution is 1.75. The first-order valence-corrected chi connectivity index (χ1v) is 2.63. The molecule has 0 spiro atoms. The van der Waals surface area contributed by atoms with Gasteiger partial charge in [0.25, 0.3) is 0 Å². The lowest BCUT2D eigenvalue weighted by atomic mass is 10.6. The summed E-state index contributed by atoms with van der Waals surface area (Å²) < 4.78 is 2.75. The minimum absolute atomic E-state index is 0.796. The third kappa shape index (κ3) is 4.07. The fourth-order valence-corrected chi connectivity index (χ4v) is 0.577. The van der Waals surface area contributed by atoms with Crippen molar-refractivity contribution in [3.63, 3.8) is 0 Å². The maximum atomic E-state index is 5.20. The second kappa shape index (κ2) is 3.27. The van der Waals surface area contributed by atoms with Crippen molar-refractivity contribution < 1.29 is 0 Å². The Bertz CT molecular complexity index is 55.8. The first-order valence-electron chi connectivity index (χ1n) is 1.56. The summed E-state index contributed by atoms with van der Waals surface area (Å²) in [4.78, 5) is 0. The van der Waals surface area contributed by atoms with Crippen molar-refractivity contribution in [2.24, 2.45) is 5.73 Å². The summed E-state index contributed by atoms with van der Waals surface area (Å²) in [6.45, 7) is 1.83. The van der Waals surface area contributed by atoms with E-state index in [1.165, 1.54) is 0 Å². The number of allylic oxidation sites excluding steroid dienone is 1. The first kappa shape index (κ1) is 6.07. The summed E-state index contributed by atoms with van der Waals surface area (Å²) >= 11 is 2.00. The van der Waals surface area contributed by atoms with E-state index in [1.807, 2.05) is 29.8 Å². The van der Waals surface area contributed by atoms with E-state index in [0.717, 1.165) is 5.70 Å². The lowest BCUT2D eigenvalue weighted by molar-refractivity contribution is 1.25. The molecule has 0 aliphatic heterocycles. The minimum Gasteiger partial charge on any atom is -0.401 e. The van der Waals surface area contributed by atoms with Gasteiger partial charge in [0, 0.05) is 11.9 Å². The number of nitrogens with two attached hydrogens (primary N) is 1. The van der Waals surface area contributed by atoms with Crippen LogP contribution in [0.1, 0.15) is 6.92 Å². The van der Waals surface area contributed by atoms with Crippen LogP contribution < -0.4 is 9.26 Å². The Hall–Kier alpha value is 0.0700. The average molecular weight is 198 g/mol. The van der Waals surface area contributed by atoms with Crippen LogP contribution in [0.4, 0.5) is 0 Å². The normalized spacial score (nSPS) is 11.3. The molecule has 2 nitrogen and oxygen atoms in total.